The van der Waals surface area contributed by atoms with E-state index in [1.807, 2.05) is 11.6 Å². The molecule has 3 heterocycles. The largest absolute Gasteiger partial charge is 0.497 e. The fourth-order valence-corrected chi connectivity index (χ4v) is 9.90. The van der Waals surface area contributed by atoms with Crippen LogP contribution in [0.1, 0.15) is 79.6 Å². The van der Waals surface area contributed by atoms with Gasteiger partial charge >= 0.3 is 6.09 Å². The number of carbonyl (C=O) groups is 4. The second kappa shape index (κ2) is 16.2. The van der Waals surface area contributed by atoms with Crippen LogP contribution in [0.4, 0.5) is 18.0 Å². The van der Waals surface area contributed by atoms with Crippen molar-refractivity contribution in [2.24, 2.45) is 17.8 Å². The van der Waals surface area contributed by atoms with Crippen molar-refractivity contribution in [3.8, 4) is 17.5 Å². The number of pyridine rings is 1. The summed E-state index contributed by atoms with van der Waals surface area (Å²) in [7, 11) is -1.58. The molecule has 2 aromatic rings. The Labute approximate surface area is 347 Å². The molecule has 1 saturated heterocycles. The highest BCUT2D eigenvalue weighted by Crippen LogP contribution is 2.48. The molecule has 1 aromatic heterocycles. The van der Waals surface area contributed by atoms with E-state index in [0.29, 0.717) is 41.2 Å². The first-order valence-corrected chi connectivity index (χ1v) is 21.5. The predicted molar refractivity (Wildman–Crippen MR) is 213 cm³/mol. The summed E-state index contributed by atoms with van der Waals surface area (Å²) >= 11 is 0. The van der Waals surface area contributed by atoms with Gasteiger partial charge in [0.2, 0.25) is 33.6 Å². The first kappa shape index (κ1) is 44.7. The molecule has 19 heteroatoms. The van der Waals surface area contributed by atoms with E-state index in [-0.39, 0.29) is 56.3 Å². The zero-order chi connectivity index (χ0) is 44.2. The van der Waals surface area contributed by atoms with Gasteiger partial charge in [0, 0.05) is 30.7 Å². The Morgan fingerprint density at radius 1 is 1.10 bits per heavy atom. The zero-order valence-corrected chi connectivity index (χ0v) is 35.6. The van der Waals surface area contributed by atoms with Gasteiger partial charge in [-0.15, -0.1) is 0 Å². The lowest BCUT2D eigenvalue weighted by atomic mass is 9.84. The Balaban J connectivity index is 1.44. The SMILES string of the molecule is COc1ccc2c(O[C@@H]3C[C@H]4C(=O)N[C@]5(C(=O)NS(=O)(=O)C6(CF)CC6)C[C@H]5C=CCC[C@@H](C)C[C@@H](C)[C@H](N(C(=O)O)C(C)(C)C(C)(F)F)C(=O)N4C3)nc(OC)cc2c1. The quantitative estimate of drug-likeness (QED) is 0.251. The Morgan fingerprint density at radius 2 is 1.80 bits per heavy atom. The molecule has 0 radical (unpaired) electrons. The average Bonchev–Trinajstić information content (AvgIpc) is 4.08. The molecule has 4 amide bonds. The third kappa shape index (κ3) is 8.29. The summed E-state index contributed by atoms with van der Waals surface area (Å²) in [5, 5.41) is 14.5. The molecule has 3 fully saturated rings. The van der Waals surface area contributed by atoms with Crippen molar-refractivity contribution >= 4 is 44.6 Å². The van der Waals surface area contributed by atoms with Crippen molar-refractivity contribution in [3.63, 3.8) is 0 Å². The van der Waals surface area contributed by atoms with Gasteiger partial charge in [0.1, 0.15) is 46.4 Å². The van der Waals surface area contributed by atoms with E-state index in [2.05, 4.69) is 10.3 Å². The summed E-state index contributed by atoms with van der Waals surface area (Å²) < 4.78 is 88.6. The molecule has 0 spiro atoms. The number of rotatable bonds is 11. The minimum absolute atomic E-state index is 0.00915. The monoisotopic (exact) mass is 865 g/mol. The highest BCUT2D eigenvalue weighted by Gasteiger charge is 2.64. The van der Waals surface area contributed by atoms with Crippen LogP contribution in [0.15, 0.2) is 36.4 Å². The number of nitrogens with one attached hydrogen (secondary N) is 2. The van der Waals surface area contributed by atoms with Crippen LogP contribution in [-0.2, 0) is 24.4 Å². The standard InChI is InChI=1S/C41H54F3N5O10S/c1-23-10-8-9-11-26-20-41(26,36(52)47-60(55,56)40(22-42)14-15-40)46-33(50)30-19-28(59-34-29-13-12-27(57-6)17-25(29)18-31(45-34)58-7)21-48(30)35(51)32(24(2)16-23)49(37(53)54)38(3,4)39(5,43)44/h9,11-13,17-18,23-24,26,28,30,32H,8,10,14-16,19-22H2,1-7H3,(H,46,50)(H,47,52)(H,53,54)/t23-,24-,26-,28-,30+,32+,41-/m1/s1. The summed E-state index contributed by atoms with van der Waals surface area (Å²) in [4.78, 5) is 63.0. The summed E-state index contributed by atoms with van der Waals surface area (Å²) in [6.45, 7) is 4.63. The van der Waals surface area contributed by atoms with E-state index < -0.39 is 92.3 Å². The molecule has 0 unspecified atom stereocenters. The van der Waals surface area contributed by atoms with Crippen LogP contribution in [0.5, 0.6) is 17.5 Å². The van der Waals surface area contributed by atoms with Gasteiger partial charge in [-0.2, -0.15) is 4.98 Å². The van der Waals surface area contributed by atoms with Crippen molar-refractivity contribution in [1.29, 1.82) is 0 Å². The molecule has 15 nitrogen and oxygen atoms in total. The van der Waals surface area contributed by atoms with Crippen LogP contribution in [0.2, 0.25) is 0 Å². The first-order valence-electron chi connectivity index (χ1n) is 20.1. The molecule has 2 aliphatic heterocycles. The fraction of sp³-hybridized carbons (Fsp3) is 0.634. The Bertz CT molecular complexity index is 2160. The number of fused-ring (bicyclic) bond motifs is 3. The van der Waals surface area contributed by atoms with E-state index in [1.54, 1.807) is 43.3 Å². The summed E-state index contributed by atoms with van der Waals surface area (Å²) in [5.74, 6) is -7.39. The molecular weight excluding hydrogens is 812 g/mol. The van der Waals surface area contributed by atoms with Crippen molar-refractivity contribution in [1.82, 2.24) is 24.8 Å². The van der Waals surface area contributed by atoms with Crippen molar-refractivity contribution < 1.29 is 60.1 Å². The fourth-order valence-electron chi connectivity index (χ4n) is 8.47. The van der Waals surface area contributed by atoms with Crippen LogP contribution in [0.3, 0.4) is 0 Å². The molecule has 0 bridgehead atoms. The second-order valence-electron chi connectivity index (χ2n) is 17.4. The third-order valence-corrected chi connectivity index (χ3v) is 15.0. The topological polar surface area (TPSA) is 194 Å². The third-order valence-electron chi connectivity index (χ3n) is 12.9. The van der Waals surface area contributed by atoms with E-state index in [1.165, 1.54) is 14.2 Å². The van der Waals surface area contributed by atoms with Crippen molar-refractivity contribution in [3.05, 3.63) is 36.4 Å². The van der Waals surface area contributed by atoms with Gasteiger partial charge < -0.3 is 29.5 Å². The molecule has 3 N–H and O–H groups in total. The van der Waals surface area contributed by atoms with Crippen LogP contribution in [-0.4, -0.2) is 119 Å². The first-order chi connectivity index (χ1) is 28.0. The zero-order valence-electron chi connectivity index (χ0n) is 34.8. The van der Waals surface area contributed by atoms with Crippen molar-refractivity contribution in [2.75, 3.05) is 27.4 Å². The number of nitrogens with zero attached hydrogens (tertiary/aromatic N) is 3. The van der Waals surface area contributed by atoms with E-state index in [9.17, 15) is 32.3 Å². The molecule has 2 saturated carbocycles. The van der Waals surface area contributed by atoms with E-state index >= 15 is 13.6 Å². The number of benzene rings is 1. The molecule has 7 atom stereocenters. The van der Waals surface area contributed by atoms with Gasteiger partial charge in [-0.25, -0.2) is 26.4 Å². The number of carboxylic acid groups (broad SMARTS) is 1. The smallest absolute Gasteiger partial charge is 0.408 e. The van der Waals surface area contributed by atoms with Gasteiger partial charge in [-0.1, -0.05) is 26.0 Å². The highest BCUT2D eigenvalue weighted by molar-refractivity contribution is 7.91. The number of allylic oxidation sites excluding steroid dienone is 1. The molecule has 6 rings (SSSR count). The number of methoxy groups -OCH3 is 2. The number of halogens is 3. The maximum absolute atomic E-state index is 15.4. The summed E-state index contributed by atoms with van der Waals surface area (Å²) in [6.07, 6.45) is 1.79. The van der Waals surface area contributed by atoms with Crippen LogP contribution < -0.4 is 24.2 Å². The Kier molecular flexibility index (Phi) is 12.1. The minimum atomic E-state index is -4.49. The lowest BCUT2D eigenvalue weighted by molar-refractivity contribution is -0.156. The highest BCUT2D eigenvalue weighted by atomic mass is 32.2. The van der Waals surface area contributed by atoms with Gasteiger partial charge in [0.15, 0.2) is 0 Å². The number of hydrogen-bond donors (Lipinski definition) is 3. The number of aromatic nitrogens is 1. The maximum Gasteiger partial charge on any atom is 0.408 e. The van der Waals surface area contributed by atoms with E-state index in [4.69, 9.17) is 14.2 Å². The van der Waals surface area contributed by atoms with Crippen molar-refractivity contribution in [2.45, 2.75) is 119 Å². The number of amides is 4. The second-order valence-corrected chi connectivity index (χ2v) is 19.5. The summed E-state index contributed by atoms with van der Waals surface area (Å²) in [5.41, 5.74) is -4.21. The number of sulfonamides is 1. The predicted octanol–water partition coefficient (Wildman–Crippen LogP) is 5.22. The Morgan fingerprint density at radius 3 is 2.40 bits per heavy atom. The van der Waals surface area contributed by atoms with Gasteiger partial charge in [0.05, 0.1) is 20.8 Å². The van der Waals surface area contributed by atoms with Gasteiger partial charge in [-0.05, 0) is 87.8 Å². The number of carbonyl (C=O) groups excluding carboxylic acids is 3. The molecule has 60 heavy (non-hydrogen) atoms. The number of alkyl halides is 3. The lowest BCUT2D eigenvalue weighted by Crippen LogP contribution is -2.66. The van der Waals surface area contributed by atoms with Crippen LogP contribution in [0.25, 0.3) is 10.8 Å². The van der Waals surface area contributed by atoms with Crippen LogP contribution >= 0.6 is 0 Å². The number of ether oxygens (including phenoxy) is 3. The molecule has 330 valence electrons. The normalized spacial score (nSPS) is 28.3. The van der Waals surface area contributed by atoms with E-state index in [0.717, 1.165) is 18.7 Å². The molecule has 2 aliphatic carbocycles. The van der Waals surface area contributed by atoms with Crippen LogP contribution in [0, 0.1) is 17.8 Å². The molecular formula is C41H54F3N5O10S. The number of hydrogen-bond acceptors (Lipinski definition) is 10. The Hall–Kier alpha value is -4.81. The molecule has 1 aromatic carbocycles. The average molecular weight is 866 g/mol. The van der Waals surface area contributed by atoms with Gasteiger partial charge in [-0.3, -0.25) is 24.0 Å². The maximum atomic E-state index is 15.4. The lowest BCUT2D eigenvalue weighted by Gasteiger charge is -2.47. The minimum Gasteiger partial charge on any atom is -0.497 e. The summed E-state index contributed by atoms with van der Waals surface area (Å²) in [6, 6.07) is 3.58. The molecule has 4 aliphatic rings. The van der Waals surface area contributed by atoms with Gasteiger partial charge in [0.25, 0.3) is 11.8 Å².